The Morgan fingerprint density at radius 1 is 1.31 bits per heavy atom. The number of allylic oxidation sites excluding steroid dienone is 2. The maximum atomic E-state index is 12.7. The summed E-state index contributed by atoms with van der Waals surface area (Å²) >= 11 is 5.17. The van der Waals surface area contributed by atoms with Crippen molar-refractivity contribution in [1.82, 2.24) is 14.8 Å². The van der Waals surface area contributed by atoms with E-state index in [2.05, 4.69) is 45.3 Å². The molecule has 0 radical (unpaired) electrons. The summed E-state index contributed by atoms with van der Waals surface area (Å²) in [5.41, 5.74) is 2.92. The average molecular weight is 433 g/mol. The number of hydrogen-bond acceptors (Lipinski definition) is 5. The molecule has 2 aliphatic rings. The van der Waals surface area contributed by atoms with E-state index in [9.17, 15) is 4.79 Å². The summed E-state index contributed by atoms with van der Waals surface area (Å²) < 4.78 is 2.91. The third-order valence-electron chi connectivity index (χ3n) is 4.76. The Labute approximate surface area is 165 Å². The largest absolute Gasteiger partial charge is 0.328 e. The lowest BCUT2D eigenvalue weighted by Crippen LogP contribution is -2.31. The summed E-state index contributed by atoms with van der Waals surface area (Å²) in [5.74, 6) is 1.97. The summed E-state index contributed by atoms with van der Waals surface area (Å²) in [6.45, 7) is 2.18. The number of anilines is 1. The number of carbonyl (C=O) groups is 1. The number of aromatic nitrogens is 3. The lowest BCUT2D eigenvalue weighted by molar-refractivity contribution is -0.116. The van der Waals surface area contributed by atoms with Crippen LogP contribution < -0.4 is 5.32 Å². The van der Waals surface area contributed by atoms with E-state index in [-0.39, 0.29) is 11.8 Å². The maximum Gasteiger partial charge on any atom is 0.227 e. The first-order valence-corrected chi connectivity index (χ1v) is 10.8. The number of nitrogens with one attached hydrogen (secondary N) is 1. The van der Waals surface area contributed by atoms with Gasteiger partial charge in [0.1, 0.15) is 6.04 Å². The van der Waals surface area contributed by atoms with Crippen molar-refractivity contribution in [2.45, 2.75) is 50.2 Å². The van der Waals surface area contributed by atoms with Crippen molar-refractivity contribution in [1.29, 1.82) is 0 Å². The Balaban J connectivity index is 1.76. The van der Waals surface area contributed by atoms with E-state index >= 15 is 0 Å². The molecular formula is C19H21BrN4OS. The van der Waals surface area contributed by atoms with Gasteiger partial charge in [0.15, 0.2) is 5.78 Å². The number of thioether (sulfide) groups is 1. The first-order chi connectivity index (χ1) is 12.7. The standard InChI is InChI=1S/C19H21BrN4OS/c1-2-3-11-26-19-22-18-21-14-5-4-6-15(25)16(14)17(24(18)23-19)12-7-9-13(20)10-8-12/h7-10,17H,2-6,11H2,1H3,(H,21,22,23)/t17-/m1/s1. The molecule has 0 saturated heterocycles. The van der Waals surface area contributed by atoms with Crippen LogP contribution in [0.15, 0.2) is 45.2 Å². The molecule has 0 unspecified atom stereocenters. The molecule has 136 valence electrons. The van der Waals surface area contributed by atoms with Crippen LogP contribution >= 0.6 is 27.7 Å². The van der Waals surface area contributed by atoms with Crippen LogP contribution in [0.5, 0.6) is 0 Å². The first kappa shape index (κ1) is 17.8. The third kappa shape index (κ3) is 3.34. The smallest absolute Gasteiger partial charge is 0.227 e. The van der Waals surface area contributed by atoms with E-state index < -0.39 is 0 Å². The van der Waals surface area contributed by atoms with Crippen molar-refractivity contribution < 1.29 is 4.79 Å². The van der Waals surface area contributed by atoms with E-state index in [0.717, 1.165) is 63.8 Å². The number of carbonyl (C=O) groups excluding carboxylic acids is 1. The lowest BCUT2D eigenvalue weighted by Gasteiger charge is -2.32. The van der Waals surface area contributed by atoms with Crippen molar-refractivity contribution in [2.24, 2.45) is 0 Å². The number of benzene rings is 1. The van der Waals surface area contributed by atoms with E-state index in [0.29, 0.717) is 6.42 Å². The molecule has 0 bridgehead atoms. The van der Waals surface area contributed by atoms with Crippen molar-refractivity contribution in [3.8, 4) is 0 Å². The molecular weight excluding hydrogens is 412 g/mol. The highest BCUT2D eigenvalue weighted by molar-refractivity contribution is 9.10. The number of rotatable bonds is 5. The van der Waals surface area contributed by atoms with Gasteiger partial charge in [-0.1, -0.05) is 53.2 Å². The van der Waals surface area contributed by atoms with Gasteiger partial charge < -0.3 is 5.32 Å². The SMILES string of the molecule is CCCCSc1nc2n(n1)[C@H](c1ccc(Br)cc1)C1=C(CCCC1=O)N2. The maximum absolute atomic E-state index is 12.7. The molecule has 0 spiro atoms. The fourth-order valence-corrected chi connectivity index (χ4v) is 4.64. The zero-order chi connectivity index (χ0) is 18.1. The monoisotopic (exact) mass is 432 g/mol. The second-order valence-corrected chi connectivity index (χ2v) is 8.59. The predicted molar refractivity (Wildman–Crippen MR) is 107 cm³/mol. The summed E-state index contributed by atoms with van der Waals surface area (Å²) in [6, 6.07) is 7.94. The molecule has 0 fully saturated rings. The number of ketones is 1. The van der Waals surface area contributed by atoms with Gasteiger partial charge in [-0.2, -0.15) is 4.98 Å². The molecule has 1 aromatic heterocycles. The molecule has 4 rings (SSSR count). The number of halogens is 1. The highest BCUT2D eigenvalue weighted by atomic mass is 79.9. The van der Waals surface area contributed by atoms with Gasteiger partial charge in [0.25, 0.3) is 0 Å². The Hall–Kier alpha value is -1.60. The van der Waals surface area contributed by atoms with E-state index in [1.54, 1.807) is 11.8 Å². The van der Waals surface area contributed by atoms with Crippen LogP contribution in [0.4, 0.5) is 5.95 Å². The van der Waals surface area contributed by atoms with Gasteiger partial charge in [0.2, 0.25) is 11.1 Å². The molecule has 1 aliphatic carbocycles. The average Bonchev–Trinajstić information content (AvgIpc) is 3.04. The fraction of sp³-hybridized carbons (Fsp3) is 0.421. The molecule has 2 heterocycles. The van der Waals surface area contributed by atoms with E-state index in [1.165, 1.54) is 0 Å². The number of nitrogens with zero attached hydrogens (tertiary/aromatic N) is 3. The Kier molecular flexibility index (Phi) is 5.18. The van der Waals surface area contributed by atoms with E-state index in [1.807, 2.05) is 16.8 Å². The molecule has 7 heteroatoms. The zero-order valence-electron chi connectivity index (χ0n) is 14.7. The quantitative estimate of drug-likeness (QED) is 0.534. The molecule has 1 aromatic carbocycles. The number of hydrogen-bond donors (Lipinski definition) is 1. The van der Waals surface area contributed by atoms with Crippen molar-refractivity contribution in [3.63, 3.8) is 0 Å². The fourth-order valence-electron chi connectivity index (χ4n) is 3.46. The number of Topliss-reactive ketones (excluding diaryl/α,β-unsaturated/α-hetero) is 1. The van der Waals surface area contributed by atoms with Gasteiger partial charge in [-0.3, -0.25) is 4.79 Å². The molecule has 5 nitrogen and oxygen atoms in total. The Bertz CT molecular complexity index is 859. The molecule has 26 heavy (non-hydrogen) atoms. The number of unbranched alkanes of at least 4 members (excludes halogenated alkanes) is 1. The summed E-state index contributed by atoms with van der Waals surface area (Å²) in [5, 5.41) is 8.89. The van der Waals surface area contributed by atoms with Crippen LogP contribution in [0.2, 0.25) is 0 Å². The Morgan fingerprint density at radius 3 is 2.88 bits per heavy atom. The van der Waals surface area contributed by atoms with Gasteiger partial charge in [-0.05, 0) is 37.0 Å². The summed E-state index contributed by atoms with van der Waals surface area (Å²) in [6.07, 6.45) is 4.69. The molecule has 2 aromatic rings. The van der Waals surface area contributed by atoms with Gasteiger partial charge >= 0.3 is 0 Å². The molecule has 0 amide bonds. The minimum atomic E-state index is -0.199. The lowest BCUT2D eigenvalue weighted by atomic mass is 9.85. The second kappa shape index (κ2) is 7.56. The van der Waals surface area contributed by atoms with Crippen LogP contribution in [0, 0.1) is 0 Å². The normalized spacial score (nSPS) is 19.2. The van der Waals surface area contributed by atoms with Gasteiger partial charge in [0, 0.05) is 27.9 Å². The molecule has 1 atom stereocenters. The van der Waals surface area contributed by atoms with Crippen LogP contribution in [0.25, 0.3) is 0 Å². The topological polar surface area (TPSA) is 59.8 Å². The zero-order valence-corrected chi connectivity index (χ0v) is 17.1. The van der Waals surface area contributed by atoms with Crippen LogP contribution in [-0.2, 0) is 4.79 Å². The van der Waals surface area contributed by atoms with Gasteiger partial charge in [0.05, 0.1) is 0 Å². The second-order valence-electron chi connectivity index (χ2n) is 6.61. The molecule has 1 N–H and O–H groups in total. The first-order valence-electron chi connectivity index (χ1n) is 9.05. The highest BCUT2D eigenvalue weighted by Crippen LogP contribution is 2.40. The van der Waals surface area contributed by atoms with Gasteiger partial charge in [-0.25, -0.2) is 4.68 Å². The highest BCUT2D eigenvalue weighted by Gasteiger charge is 2.36. The summed E-state index contributed by atoms with van der Waals surface area (Å²) in [4.78, 5) is 17.4. The van der Waals surface area contributed by atoms with Crippen LogP contribution in [0.1, 0.15) is 50.6 Å². The van der Waals surface area contributed by atoms with Crippen LogP contribution in [0.3, 0.4) is 0 Å². The van der Waals surface area contributed by atoms with Crippen molar-refractivity contribution in [3.05, 3.63) is 45.6 Å². The minimum absolute atomic E-state index is 0.199. The van der Waals surface area contributed by atoms with Crippen LogP contribution in [-0.4, -0.2) is 26.3 Å². The van der Waals surface area contributed by atoms with E-state index in [4.69, 9.17) is 5.10 Å². The molecule has 0 saturated carbocycles. The van der Waals surface area contributed by atoms with Gasteiger partial charge in [-0.15, -0.1) is 5.10 Å². The van der Waals surface area contributed by atoms with Crippen molar-refractivity contribution in [2.75, 3.05) is 11.1 Å². The summed E-state index contributed by atoms with van der Waals surface area (Å²) in [7, 11) is 0. The Morgan fingerprint density at radius 2 is 2.12 bits per heavy atom. The third-order valence-corrected chi connectivity index (χ3v) is 6.22. The molecule has 1 aliphatic heterocycles. The van der Waals surface area contributed by atoms with Crippen molar-refractivity contribution >= 4 is 39.4 Å². The predicted octanol–water partition coefficient (Wildman–Crippen LogP) is 4.95. The number of fused-ring (bicyclic) bond motifs is 1. The minimum Gasteiger partial charge on any atom is -0.328 e.